The number of thiol groups is 1. The van der Waals surface area contributed by atoms with Gasteiger partial charge in [0.2, 0.25) is 0 Å². The number of nitrogens with one attached hydrogen (secondary N) is 1. The van der Waals surface area contributed by atoms with E-state index in [1.807, 2.05) is 0 Å². The van der Waals surface area contributed by atoms with Gasteiger partial charge in [-0.05, 0) is 0 Å². The average Bonchev–Trinajstić information content (AvgIpc) is 1.66. The molecule has 0 aliphatic rings. The normalized spacial score (nSPS) is 8.50. The number of thiocarbonyl (C=S) groups is 1. The van der Waals surface area contributed by atoms with Gasteiger partial charge in [0.05, 0.1) is 6.07 Å². The Balaban J connectivity index is 3.34. The van der Waals surface area contributed by atoms with Gasteiger partial charge in [0.1, 0.15) is 4.32 Å². The van der Waals surface area contributed by atoms with Gasteiger partial charge in [0.25, 0.3) is 0 Å². The van der Waals surface area contributed by atoms with E-state index in [1.54, 1.807) is 6.07 Å². The van der Waals surface area contributed by atoms with E-state index >= 15 is 0 Å². The first-order valence-electron chi connectivity index (χ1n) is 1.81. The summed E-state index contributed by atoms with van der Waals surface area (Å²) in [7, 11) is 0. The van der Waals surface area contributed by atoms with Crippen molar-refractivity contribution in [3.8, 4) is 6.07 Å². The van der Waals surface area contributed by atoms with Gasteiger partial charge in [-0.3, -0.25) is 0 Å². The number of hydrogen-bond donors (Lipinski definition) is 2. The van der Waals surface area contributed by atoms with Crippen LogP contribution >= 0.6 is 24.8 Å². The SMILES string of the molecule is N#CC=CNC(=S)S. The Morgan fingerprint density at radius 1 is 1.88 bits per heavy atom. The van der Waals surface area contributed by atoms with E-state index in [1.165, 1.54) is 12.3 Å². The monoisotopic (exact) mass is 144 g/mol. The summed E-state index contributed by atoms with van der Waals surface area (Å²) >= 11 is 8.23. The van der Waals surface area contributed by atoms with Gasteiger partial charge < -0.3 is 5.32 Å². The minimum Gasteiger partial charge on any atom is -0.347 e. The minimum absolute atomic E-state index is 0.358. The second-order valence-electron chi connectivity index (χ2n) is 0.912. The molecule has 2 nitrogen and oxygen atoms in total. The highest BCUT2D eigenvalue weighted by atomic mass is 32.1. The second kappa shape index (κ2) is 4.62. The lowest BCUT2D eigenvalue weighted by molar-refractivity contribution is 1.34. The lowest BCUT2D eigenvalue weighted by atomic mass is 10.7. The van der Waals surface area contributed by atoms with E-state index in [0.717, 1.165) is 0 Å². The van der Waals surface area contributed by atoms with E-state index in [9.17, 15) is 0 Å². The van der Waals surface area contributed by atoms with E-state index in [4.69, 9.17) is 5.26 Å². The first kappa shape index (κ1) is 7.47. The molecule has 0 saturated heterocycles. The Kier molecular flexibility index (Phi) is 4.32. The zero-order valence-corrected chi connectivity index (χ0v) is 5.67. The number of nitrogens with zero attached hydrogens (tertiary/aromatic N) is 1. The third-order valence-electron chi connectivity index (χ3n) is 0.365. The van der Waals surface area contributed by atoms with Crippen LogP contribution in [0.3, 0.4) is 0 Å². The molecule has 0 unspecified atom stereocenters. The van der Waals surface area contributed by atoms with Crippen molar-refractivity contribution in [2.75, 3.05) is 0 Å². The molecule has 0 aliphatic heterocycles. The van der Waals surface area contributed by atoms with Gasteiger partial charge in [-0.15, -0.1) is 12.6 Å². The molecule has 0 aliphatic carbocycles. The summed E-state index contributed by atoms with van der Waals surface area (Å²) in [6, 6.07) is 1.79. The molecule has 0 bridgehead atoms. The Morgan fingerprint density at radius 2 is 2.50 bits per heavy atom. The summed E-state index contributed by atoms with van der Waals surface area (Å²) in [5.74, 6) is 0. The Labute approximate surface area is 58.6 Å². The van der Waals surface area contributed by atoms with Crippen LogP contribution in [0, 0.1) is 11.3 Å². The molecule has 0 heterocycles. The van der Waals surface area contributed by atoms with Gasteiger partial charge in [0, 0.05) is 12.3 Å². The summed E-state index contributed by atoms with van der Waals surface area (Å²) in [6.45, 7) is 0. The van der Waals surface area contributed by atoms with Gasteiger partial charge >= 0.3 is 0 Å². The maximum Gasteiger partial charge on any atom is 0.134 e. The summed E-state index contributed by atoms with van der Waals surface area (Å²) < 4.78 is 0.358. The van der Waals surface area contributed by atoms with Gasteiger partial charge in [-0.1, -0.05) is 12.2 Å². The quantitative estimate of drug-likeness (QED) is 0.325. The van der Waals surface area contributed by atoms with Crippen molar-refractivity contribution in [1.29, 1.82) is 5.26 Å². The fraction of sp³-hybridized carbons (Fsp3) is 0. The molecule has 0 saturated carbocycles. The van der Waals surface area contributed by atoms with Crippen molar-refractivity contribution >= 4 is 29.2 Å². The molecule has 8 heavy (non-hydrogen) atoms. The molecule has 0 spiro atoms. The van der Waals surface area contributed by atoms with E-state index in [-0.39, 0.29) is 0 Å². The number of nitriles is 1. The lowest BCUT2D eigenvalue weighted by Crippen LogP contribution is -2.05. The Morgan fingerprint density at radius 3 is 2.88 bits per heavy atom. The van der Waals surface area contributed by atoms with Crippen molar-refractivity contribution in [3.63, 3.8) is 0 Å². The number of allylic oxidation sites excluding steroid dienone is 1. The highest BCUT2D eigenvalue weighted by Gasteiger charge is 1.74. The van der Waals surface area contributed by atoms with Crippen LogP contribution in [0.25, 0.3) is 0 Å². The molecule has 0 aromatic carbocycles. The minimum atomic E-state index is 0.358. The van der Waals surface area contributed by atoms with Gasteiger partial charge in [-0.2, -0.15) is 5.26 Å². The van der Waals surface area contributed by atoms with Crippen LogP contribution in [-0.2, 0) is 0 Å². The van der Waals surface area contributed by atoms with Crippen LogP contribution in [0.4, 0.5) is 0 Å². The molecule has 0 fully saturated rings. The van der Waals surface area contributed by atoms with Gasteiger partial charge in [-0.25, -0.2) is 0 Å². The van der Waals surface area contributed by atoms with E-state index < -0.39 is 0 Å². The molecule has 0 aromatic rings. The highest BCUT2D eigenvalue weighted by molar-refractivity contribution is 8.11. The van der Waals surface area contributed by atoms with Crippen molar-refractivity contribution in [3.05, 3.63) is 12.3 Å². The van der Waals surface area contributed by atoms with Crippen molar-refractivity contribution in [1.82, 2.24) is 5.32 Å². The lowest BCUT2D eigenvalue weighted by Gasteiger charge is -1.87. The molecule has 1 N–H and O–H groups in total. The van der Waals surface area contributed by atoms with Crippen LogP contribution in [0.15, 0.2) is 12.3 Å². The third kappa shape index (κ3) is 5.47. The van der Waals surface area contributed by atoms with Crippen LogP contribution in [0.5, 0.6) is 0 Å². The smallest absolute Gasteiger partial charge is 0.134 e. The third-order valence-corrected chi connectivity index (χ3v) is 0.612. The molecule has 42 valence electrons. The van der Waals surface area contributed by atoms with E-state index in [2.05, 4.69) is 30.2 Å². The predicted octanol–water partition coefficient (Wildman–Crippen LogP) is 0.828. The van der Waals surface area contributed by atoms with Crippen LogP contribution in [0.2, 0.25) is 0 Å². The zero-order valence-electron chi connectivity index (χ0n) is 3.96. The van der Waals surface area contributed by atoms with Crippen molar-refractivity contribution in [2.24, 2.45) is 0 Å². The number of rotatable bonds is 1. The summed E-state index contributed by atoms with van der Waals surface area (Å²) in [5.41, 5.74) is 0. The predicted molar refractivity (Wildman–Crippen MR) is 39.5 cm³/mol. The first-order chi connectivity index (χ1) is 3.77. The first-order valence-corrected chi connectivity index (χ1v) is 2.67. The average molecular weight is 144 g/mol. The largest absolute Gasteiger partial charge is 0.347 e. The Bertz CT molecular complexity index is 145. The zero-order chi connectivity index (χ0) is 6.41. The maximum absolute atomic E-state index is 7.93. The molecule has 0 rings (SSSR count). The fourth-order valence-electron chi connectivity index (χ4n) is 0.150. The second-order valence-corrected chi connectivity index (χ2v) is 2.07. The molecule has 0 atom stereocenters. The fourth-order valence-corrected chi connectivity index (χ4v) is 0.293. The highest BCUT2D eigenvalue weighted by Crippen LogP contribution is 1.75. The standard InChI is InChI=1S/C4H4N2S2/c5-2-1-3-6-4(7)8/h1,3H,(H2,6,7,8). The summed E-state index contributed by atoms with van der Waals surface area (Å²) in [5, 5.41) is 10.5. The molecular weight excluding hydrogens is 140 g/mol. The summed E-state index contributed by atoms with van der Waals surface area (Å²) in [4.78, 5) is 0. The summed E-state index contributed by atoms with van der Waals surface area (Å²) in [6.07, 6.45) is 2.71. The van der Waals surface area contributed by atoms with Crippen molar-refractivity contribution in [2.45, 2.75) is 0 Å². The molecule has 0 amide bonds. The molecular formula is C4H4N2S2. The van der Waals surface area contributed by atoms with Crippen molar-refractivity contribution < 1.29 is 0 Å². The van der Waals surface area contributed by atoms with Crippen LogP contribution in [0.1, 0.15) is 0 Å². The molecule has 0 aromatic heterocycles. The van der Waals surface area contributed by atoms with E-state index in [0.29, 0.717) is 4.32 Å². The molecule has 4 heteroatoms. The molecule has 0 radical (unpaired) electrons. The van der Waals surface area contributed by atoms with Gasteiger partial charge in [0.15, 0.2) is 0 Å². The maximum atomic E-state index is 7.93. The van der Waals surface area contributed by atoms with Crippen LogP contribution < -0.4 is 5.32 Å². The van der Waals surface area contributed by atoms with Crippen LogP contribution in [-0.4, -0.2) is 4.32 Å². The number of hydrogen-bond acceptors (Lipinski definition) is 2. The Hall–Kier alpha value is -0.530. The topological polar surface area (TPSA) is 35.8 Å².